The van der Waals surface area contributed by atoms with Crippen molar-refractivity contribution in [1.29, 1.82) is 0 Å². The summed E-state index contributed by atoms with van der Waals surface area (Å²) in [6.07, 6.45) is 2.36. The lowest BCUT2D eigenvalue weighted by molar-refractivity contribution is 0.0679. The lowest BCUT2D eigenvalue weighted by Crippen LogP contribution is -2.16. The van der Waals surface area contributed by atoms with E-state index < -0.39 is 0 Å². The fraction of sp³-hybridized carbons (Fsp3) is 0.278. The molecule has 1 fully saturated rings. The number of benzene rings is 2. The van der Waals surface area contributed by atoms with Crippen molar-refractivity contribution in [3.05, 3.63) is 58.6 Å². The predicted octanol–water partition coefficient (Wildman–Crippen LogP) is 4.26. The van der Waals surface area contributed by atoms with Gasteiger partial charge >= 0.3 is 0 Å². The Morgan fingerprint density at radius 1 is 1.22 bits per heavy atom. The number of hydrogen-bond acceptors (Lipinski definition) is 3. The molecule has 120 valence electrons. The lowest BCUT2D eigenvalue weighted by Gasteiger charge is -2.12. The second kappa shape index (κ2) is 7.62. The predicted molar refractivity (Wildman–Crippen MR) is 93.0 cm³/mol. The van der Waals surface area contributed by atoms with Gasteiger partial charge in [-0.15, -0.1) is 0 Å². The summed E-state index contributed by atoms with van der Waals surface area (Å²) in [4.78, 5) is 12.2. The Morgan fingerprint density at radius 3 is 2.70 bits per heavy atom. The van der Waals surface area contributed by atoms with E-state index >= 15 is 0 Å². The minimum atomic E-state index is -0.148. The molecule has 1 aliphatic heterocycles. The Kier molecular flexibility index (Phi) is 5.31. The van der Waals surface area contributed by atoms with Crippen molar-refractivity contribution in [2.24, 2.45) is 0 Å². The molecule has 5 heteroatoms. The van der Waals surface area contributed by atoms with Gasteiger partial charge in [0.15, 0.2) is 0 Å². The number of ether oxygens (including phenoxy) is 2. The molecule has 1 heterocycles. The number of anilines is 1. The quantitative estimate of drug-likeness (QED) is 0.848. The molecule has 0 aromatic heterocycles. The molecule has 0 radical (unpaired) electrons. The van der Waals surface area contributed by atoms with Crippen LogP contribution in [0.15, 0.2) is 53.0 Å². The van der Waals surface area contributed by atoms with Gasteiger partial charge in [-0.3, -0.25) is 4.79 Å². The van der Waals surface area contributed by atoms with Crippen LogP contribution in [0, 0.1) is 0 Å². The Balaban J connectivity index is 1.56. The van der Waals surface area contributed by atoms with E-state index in [9.17, 15) is 4.79 Å². The second-order valence-corrected chi connectivity index (χ2v) is 6.26. The van der Waals surface area contributed by atoms with Crippen molar-refractivity contribution in [2.45, 2.75) is 18.9 Å². The summed E-state index contributed by atoms with van der Waals surface area (Å²) in [5, 5.41) is 2.87. The van der Waals surface area contributed by atoms with E-state index in [1.54, 1.807) is 6.07 Å². The molecule has 0 aliphatic carbocycles. The van der Waals surface area contributed by atoms with Gasteiger partial charge in [0.1, 0.15) is 12.4 Å². The Labute approximate surface area is 143 Å². The molecule has 1 aliphatic rings. The van der Waals surface area contributed by atoms with Crippen molar-refractivity contribution in [2.75, 3.05) is 18.5 Å². The summed E-state index contributed by atoms with van der Waals surface area (Å²) in [6, 6.07) is 14.7. The average molecular weight is 376 g/mol. The highest BCUT2D eigenvalue weighted by Crippen LogP contribution is 2.21. The maximum atomic E-state index is 12.2. The maximum absolute atomic E-state index is 12.2. The summed E-state index contributed by atoms with van der Waals surface area (Å²) >= 11 is 3.38. The number of carbonyl (C=O) groups excluding carboxylic acids is 1. The van der Waals surface area contributed by atoms with E-state index in [-0.39, 0.29) is 12.0 Å². The van der Waals surface area contributed by atoms with Gasteiger partial charge in [-0.2, -0.15) is 0 Å². The number of rotatable bonds is 5. The van der Waals surface area contributed by atoms with Crippen LogP contribution in [-0.2, 0) is 4.74 Å². The molecule has 3 rings (SSSR count). The van der Waals surface area contributed by atoms with Crippen LogP contribution in [-0.4, -0.2) is 25.2 Å². The van der Waals surface area contributed by atoms with Crippen LogP contribution in [0.3, 0.4) is 0 Å². The first-order valence-electron chi connectivity index (χ1n) is 7.63. The smallest absolute Gasteiger partial charge is 0.256 e. The minimum Gasteiger partial charge on any atom is -0.491 e. The largest absolute Gasteiger partial charge is 0.491 e. The summed E-state index contributed by atoms with van der Waals surface area (Å²) < 4.78 is 12.0. The number of amides is 1. The molecule has 2 aromatic carbocycles. The first-order valence-corrected chi connectivity index (χ1v) is 8.42. The van der Waals surface area contributed by atoms with Crippen LogP contribution in [0.2, 0.25) is 0 Å². The van der Waals surface area contributed by atoms with Gasteiger partial charge in [0.2, 0.25) is 0 Å². The molecule has 2 aromatic rings. The van der Waals surface area contributed by atoms with Gasteiger partial charge in [-0.05, 0) is 65.2 Å². The molecule has 0 bridgehead atoms. The zero-order valence-corrected chi connectivity index (χ0v) is 14.2. The number of hydrogen-bond donors (Lipinski definition) is 1. The Morgan fingerprint density at radius 2 is 2.00 bits per heavy atom. The van der Waals surface area contributed by atoms with E-state index in [0.29, 0.717) is 12.2 Å². The fourth-order valence-electron chi connectivity index (χ4n) is 2.44. The van der Waals surface area contributed by atoms with Crippen molar-refractivity contribution in [1.82, 2.24) is 0 Å². The molecule has 0 spiro atoms. The van der Waals surface area contributed by atoms with Gasteiger partial charge in [0.25, 0.3) is 5.91 Å². The van der Waals surface area contributed by atoms with E-state index in [0.717, 1.165) is 35.4 Å². The van der Waals surface area contributed by atoms with Gasteiger partial charge in [-0.1, -0.05) is 12.1 Å². The van der Waals surface area contributed by atoms with Gasteiger partial charge in [0.05, 0.1) is 11.7 Å². The molecule has 4 nitrogen and oxygen atoms in total. The summed E-state index contributed by atoms with van der Waals surface area (Å²) in [6.45, 7) is 1.40. The van der Waals surface area contributed by atoms with Gasteiger partial charge in [0, 0.05) is 16.8 Å². The molecule has 0 saturated carbocycles. The highest BCUT2D eigenvalue weighted by atomic mass is 79.9. The zero-order valence-electron chi connectivity index (χ0n) is 12.6. The molecule has 1 N–H and O–H groups in total. The number of carbonyl (C=O) groups is 1. The molecule has 1 unspecified atom stereocenters. The monoisotopic (exact) mass is 375 g/mol. The third kappa shape index (κ3) is 4.33. The molecule has 23 heavy (non-hydrogen) atoms. The highest BCUT2D eigenvalue weighted by molar-refractivity contribution is 9.10. The number of nitrogens with one attached hydrogen (secondary N) is 1. The van der Waals surface area contributed by atoms with E-state index in [4.69, 9.17) is 9.47 Å². The molecule has 1 amide bonds. The third-order valence-electron chi connectivity index (χ3n) is 3.69. The molecular formula is C18H18BrNO3. The van der Waals surface area contributed by atoms with Crippen LogP contribution >= 0.6 is 15.9 Å². The Bertz CT molecular complexity index is 666. The van der Waals surface area contributed by atoms with Crippen molar-refractivity contribution in [3.8, 4) is 5.75 Å². The second-order valence-electron chi connectivity index (χ2n) is 5.40. The highest BCUT2D eigenvalue weighted by Gasteiger charge is 2.16. The topological polar surface area (TPSA) is 47.6 Å². The van der Waals surface area contributed by atoms with Gasteiger partial charge in [-0.25, -0.2) is 0 Å². The van der Waals surface area contributed by atoms with Crippen LogP contribution in [0.1, 0.15) is 23.2 Å². The Hall–Kier alpha value is -1.85. The molecule has 1 saturated heterocycles. The van der Waals surface area contributed by atoms with E-state index in [2.05, 4.69) is 21.2 Å². The minimum absolute atomic E-state index is 0.148. The normalized spacial score (nSPS) is 17.0. The fourth-order valence-corrected chi connectivity index (χ4v) is 2.91. The van der Waals surface area contributed by atoms with Crippen molar-refractivity contribution < 1.29 is 14.3 Å². The summed E-state index contributed by atoms with van der Waals surface area (Å²) in [5.41, 5.74) is 1.33. The van der Waals surface area contributed by atoms with Crippen molar-refractivity contribution >= 4 is 27.5 Å². The van der Waals surface area contributed by atoms with Crippen molar-refractivity contribution in [3.63, 3.8) is 0 Å². The summed E-state index contributed by atoms with van der Waals surface area (Å²) in [5.74, 6) is 0.630. The standard InChI is InChI=1S/C18H18BrNO3/c19-17-6-2-1-5-16(17)18(21)20-13-7-9-14(10-8-13)23-12-15-4-3-11-22-15/h1-2,5-10,15H,3-4,11-12H2,(H,20,21). The maximum Gasteiger partial charge on any atom is 0.256 e. The number of halogens is 1. The van der Waals surface area contributed by atoms with Crippen LogP contribution in [0.4, 0.5) is 5.69 Å². The first-order chi connectivity index (χ1) is 11.2. The average Bonchev–Trinajstić information content (AvgIpc) is 3.08. The SMILES string of the molecule is O=C(Nc1ccc(OCC2CCCO2)cc1)c1ccccc1Br. The van der Waals surface area contributed by atoms with E-state index in [1.165, 1.54) is 0 Å². The molecular weight excluding hydrogens is 358 g/mol. The van der Waals surface area contributed by atoms with Crippen LogP contribution < -0.4 is 10.1 Å². The lowest BCUT2D eigenvalue weighted by atomic mass is 10.2. The van der Waals surface area contributed by atoms with Gasteiger partial charge < -0.3 is 14.8 Å². The van der Waals surface area contributed by atoms with Crippen LogP contribution in [0.25, 0.3) is 0 Å². The zero-order chi connectivity index (χ0) is 16.1. The van der Waals surface area contributed by atoms with E-state index in [1.807, 2.05) is 42.5 Å². The molecule has 1 atom stereocenters. The van der Waals surface area contributed by atoms with Crippen LogP contribution in [0.5, 0.6) is 5.75 Å². The first kappa shape index (κ1) is 16.0. The third-order valence-corrected chi connectivity index (χ3v) is 4.38. The summed E-state index contributed by atoms with van der Waals surface area (Å²) in [7, 11) is 0.